The van der Waals surface area contributed by atoms with Crippen molar-refractivity contribution in [1.29, 1.82) is 0 Å². The van der Waals surface area contributed by atoms with Gasteiger partial charge in [0.05, 0.1) is 19.0 Å². The van der Waals surface area contributed by atoms with Crippen LogP contribution < -0.4 is 5.32 Å². The zero-order valence-corrected chi connectivity index (χ0v) is 17.0. The molecular formula is C20H25N5O3S. The molecule has 1 aliphatic rings. The number of anilines is 2. The van der Waals surface area contributed by atoms with E-state index < -0.39 is 18.4 Å². The van der Waals surface area contributed by atoms with Crippen molar-refractivity contribution in [1.82, 2.24) is 19.5 Å². The van der Waals surface area contributed by atoms with Crippen LogP contribution in [-0.4, -0.2) is 48.5 Å². The van der Waals surface area contributed by atoms with Crippen molar-refractivity contribution < 1.29 is 14.9 Å². The minimum Gasteiger partial charge on any atom is -0.394 e. The number of ether oxygens (including phenoxy) is 1. The summed E-state index contributed by atoms with van der Waals surface area (Å²) in [4.78, 5) is 12.0. The van der Waals surface area contributed by atoms with Crippen LogP contribution in [0.2, 0.25) is 0 Å². The summed E-state index contributed by atoms with van der Waals surface area (Å²) in [5.41, 5.74) is 3.43. The maximum absolute atomic E-state index is 10.0. The third-order valence-corrected chi connectivity index (χ3v) is 5.46. The smallest absolute Gasteiger partial charge is 0.207 e. The lowest BCUT2D eigenvalue weighted by Gasteiger charge is -2.14. The fourth-order valence-corrected chi connectivity index (χ4v) is 3.78. The summed E-state index contributed by atoms with van der Waals surface area (Å²) in [5, 5.41) is 22.6. The van der Waals surface area contributed by atoms with E-state index in [1.807, 2.05) is 12.1 Å². The lowest BCUT2D eigenvalue weighted by molar-refractivity contribution is -0.0432. The van der Waals surface area contributed by atoms with Crippen LogP contribution in [0.5, 0.6) is 0 Å². The molecule has 154 valence electrons. The molecular weight excluding hydrogens is 390 g/mol. The van der Waals surface area contributed by atoms with E-state index in [4.69, 9.17) is 17.0 Å². The van der Waals surface area contributed by atoms with E-state index in [-0.39, 0.29) is 6.61 Å². The number of benzene rings is 1. The average Bonchev–Trinajstić information content (AvgIpc) is 3.30. The molecule has 4 rings (SSSR count). The first-order valence-corrected chi connectivity index (χ1v) is 10.3. The Morgan fingerprint density at radius 3 is 2.83 bits per heavy atom. The highest BCUT2D eigenvalue weighted by atomic mass is 32.1. The lowest BCUT2D eigenvalue weighted by Crippen LogP contribution is -2.24. The molecule has 3 heterocycles. The molecule has 3 atom stereocenters. The van der Waals surface area contributed by atoms with Gasteiger partial charge in [0.1, 0.15) is 23.5 Å². The van der Waals surface area contributed by atoms with Crippen molar-refractivity contribution in [2.45, 2.75) is 51.0 Å². The van der Waals surface area contributed by atoms with E-state index in [1.54, 1.807) is 10.9 Å². The van der Waals surface area contributed by atoms with E-state index >= 15 is 0 Å². The van der Waals surface area contributed by atoms with Gasteiger partial charge in [-0.25, -0.2) is 9.97 Å². The van der Waals surface area contributed by atoms with Crippen molar-refractivity contribution in [3.05, 3.63) is 40.8 Å². The first-order chi connectivity index (χ1) is 14.1. The molecule has 0 amide bonds. The number of nitrogens with one attached hydrogen (secondary N) is 2. The summed E-state index contributed by atoms with van der Waals surface area (Å²) in [6.45, 7) is 1.95. The van der Waals surface area contributed by atoms with E-state index in [1.165, 1.54) is 18.4 Å². The number of aryl methyl sites for hydroxylation is 1. The molecule has 0 spiro atoms. The van der Waals surface area contributed by atoms with Crippen molar-refractivity contribution in [2.24, 2.45) is 0 Å². The lowest BCUT2D eigenvalue weighted by atomic mass is 10.1. The predicted octanol–water partition coefficient (Wildman–Crippen LogP) is 3.22. The molecule has 2 aromatic heterocycles. The van der Waals surface area contributed by atoms with Crippen LogP contribution in [0.15, 0.2) is 30.6 Å². The first-order valence-electron chi connectivity index (χ1n) is 9.86. The minimum atomic E-state index is -0.726. The number of imidazole rings is 1. The van der Waals surface area contributed by atoms with Crippen molar-refractivity contribution >= 4 is 35.0 Å². The molecule has 1 fully saturated rings. The fraction of sp³-hybridized carbons (Fsp3) is 0.450. The van der Waals surface area contributed by atoms with Crippen molar-refractivity contribution in [3.8, 4) is 0 Å². The van der Waals surface area contributed by atoms with Gasteiger partial charge in [-0.1, -0.05) is 37.7 Å². The highest BCUT2D eigenvalue weighted by Gasteiger charge is 2.35. The van der Waals surface area contributed by atoms with E-state index in [9.17, 15) is 10.2 Å². The largest absolute Gasteiger partial charge is 0.394 e. The molecule has 8 nitrogen and oxygen atoms in total. The number of H-pyrrole nitrogens is 1. The van der Waals surface area contributed by atoms with Gasteiger partial charge in [-0.15, -0.1) is 0 Å². The van der Waals surface area contributed by atoms with Crippen LogP contribution in [0.3, 0.4) is 0 Å². The van der Waals surface area contributed by atoms with Crippen LogP contribution in [0.4, 0.5) is 11.6 Å². The number of rotatable bonds is 7. The standard InChI is InChI=1S/C20H25N5O3S/c1-2-3-4-12-5-7-13(8-6-12)22-20-23-18-17(19(29)24-20)21-11-25(18)16-9-14(27)15(10-26)28-16/h5-8,11,14-16,26-27H,2-4,9-10H2,1H3,(H2,22,23,24,29)/t14-,15+,16-/m0/s1. The number of hydrogen-bond donors (Lipinski definition) is 4. The normalized spacial score (nSPS) is 21.7. The number of aromatic nitrogens is 4. The second-order valence-corrected chi connectivity index (χ2v) is 7.67. The number of aliphatic hydroxyl groups is 2. The van der Waals surface area contributed by atoms with Crippen LogP contribution >= 0.6 is 12.2 Å². The van der Waals surface area contributed by atoms with Crippen LogP contribution in [0, 0.1) is 4.64 Å². The second-order valence-electron chi connectivity index (χ2n) is 7.28. The molecule has 1 aliphatic heterocycles. The molecule has 0 unspecified atom stereocenters. The van der Waals surface area contributed by atoms with E-state index in [0.29, 0.717) is 28.2 Å². The number of unbranched alkanes of at least 4 members (excludes halogenated alkanes) is 1. The molecule has 3 aromatic rings. The Hall–Kier alpha value is -2.33. The van der Waals surface area contributed by atoms with Gasteiger partial charge in [-0.3, -0.25) is 4.57 Å². The first kappa shape index (κ1) is 20.0. The summed E-state index contributed by atoms with van der Waals surface area (Å²) in [7, 11) is 0. The number of hydrogen-bond acceptors (Lipinski definition) is 7. The maximum Gasteiger partial charge on any atom is 0.207 e. The van der Waals surface area contributed by atoms with Crippen LogP contribution in [0.25, 0.3) is 11.2 Å². The van der Waals surface area contributed by atoms with Gasteiger partial charge < -0.3 is 25.3 Å². The van der Waals surface area contributed by atoms with Gasteiger partial charge in [-0.2, -0.15) is 0 Å². The van der Waals surface area contributed by atoms with Gasteiger partial charge >= 0.3 is 0 Å². The summed E-state index contributed by atoms with van der Waals surface area (Å²) in [6, 6.07) is 8.26. The van der Waals surface area contributed by atoms with Gasteiger partial charge in [0.2, 0.25) is 5.95 Å². The number of nitrogens with zero attached hydrogens (tertiary/aromatic N) is 3. The molecule has 1 aromatic carbocycles. The Bertz CT molecular complexity index is 1030. The monoisotopic (exact) mass is 415 g/mol. The zero-order chi connectivity index (χ0) is 20.4. The molecule has 0 bridgehead atoms. The van der Waals surface area contributed by atoms with Gasteiger partial charge in [-0.05, 0) is 30.5 Å². The van der Waals surface area contributed by atoms with Crippen molar-refractivity contribution in [3.63, 3.8) is 0 Å². The van der Waals surface area contributed by atoms with E-state index in [0.717, 1.165) is 12.1 Å². The summed E-state index contributed by atoms with van der Waals surface area (Å²) < 4.78 is 7.90. The molecule has 0 radical (unpaired) electrons. The predicted molar refractivity (Wildman–Crippen MR) is 113 cm³/mol. The number of fused-ring (bicyclic) bond motifs is 1. The maximum atomic E-state index is 10.0. The third-order valence-electron chi connectivity index (χ3n) is 5.18. The van der Waals surface area contributed by atoms with Crippen molar-refractivity contribution in [2.75, 3.05) is 11.9 Å². The highest BCUT2D eigenvalue weighted by molar-refractivity contribution is 7.71. The molecule has 0 saturated carbocycles. The Morgan fingerprint density at radius 1 is 1.34 bits per heavy atom. The summed E-state index contributed by atoms with van der Waals surface area (Å²) in [5.74, 6) is 0.503. The fourth-order valence-electron chi connectivity index (χ4n) is 3.54. The number of aromatic amines is 1. The summed E-state index contributed by atoms with van der Waals surface area (Å²) in [6.07, 6.45) is 3.63. The quantitative estimate of drug-likeness (QED) is 0.439. The Kier molecular flexibility index (Phi) is 5.91. The van der Waals surface area contributed by atoms with Crippen LogP contribution in [-0.2, 0) is 11.2 Å². The molecule has 29 heavy (non-hydrogen) atoms. The average molecular weight is 416 g/mol. The second kappa shape index (κ2) is 8.58. The minimum absolute atomic E-state index is 0.233. The topological polar surface area (TPSA) is 108 Å². The molecule has 0 aliphatic carbocycles. The molecule has 1 saturated heterocycles. The van der Waals surface area contributed by atoms with Gasteiger partial charge in [0.15, 0.2) is 4.64 Å². The third kappa shape index (κ3) is 4.18. The van der Waals surface area contributed by atoms with Gasteiger partial charge in [0.25, 0.3) is 0 Å². The number of aliphatic hydroxyl groups excluding tert-OH is 2. The summed E-state index contributed by atoms with van der Waals surface area (Å²) >= 11 is 5.41. The van der Waals surface area contributed by atoms with E-state index in [2.05, 4.69) is 39.3 Å². The SMILES string of the molecule is CCCCc1ccc(Nc2nc(=S)c3ncn([C@@H]4C[C@H](O)[C@@H](CO)O4)c3[nH]2)cc1. The Morgan fingerprint density at radius 2 is 2.14 bits per heavy atom. The molecule has 4 N–H and O–H groups in total. The Labute approximate surface area is 173 Å². The Balaban J connectivity index is 1.59. The highest BCUT2D eigenvalue weighted by Crippen LogP contribution is 2.31. The van der Waals surface area contributed by atoms with Gasteiger partial charge in [0, 0.05) is 12.1 Å². The zero-order valence-electron chi connectivity index (χ0n) is 16.2. The molecule has 9 heteroatoms. The van der Waals surface area contributed by atoms with Crippen LogP contribution in [0.1, 0.15) is 38.0 Å².